The molecule has 0 saturated carbocycles. The van der Waals surface area contributed by atoms with E-state index in [0.29, 0.717) is 25.4 Å². The first-order chi connectivity index (χ1) is 10.7. The zero-order chi connectivity index (χ0) is 15.4. The molecule has 1 unspecified atom stereocenters. The second-order valence-corrected chi connectivity index (χ2v) is 5.19. The Morgan fingerprint density at radius 1 is 1.14 bits per heavy atom. The highest BCUT2D eigenvalue weighted by Crippen LogP contribution is 2.19. The zero-order valence-electron chi connectivity index (χ0n) is 12.0. The van der Waals surface area contributed by atoms with E-state index in [1.165, 1.54) is 12.1 Å². The number of ether oxygens (including phenoxy) is 1. The van der Waals surface area contributed by atoms with E-state index in [-0.39, 0.29) is 18.0 Å². The van der Waals surface area contributed by atoms with Crippen molar-refractivity contribution in [3.63, 3.8) is 0 Å². The lowest BCUT2D eigenvalue weighted by Gasteiger charge is -2.33. The first-order valence-corrected chi connectivity index (χ1v) is 7.23. The van der Waals surface area contributed by atoms with Crippen molar-refractivity contribution in [3.8, 4) is 5.75 Å². The molecule has 5 heteroatoms. The van der Waals surface area contributed by atoms with Crippen LogP contribution in [-0.2, 0) is 0 Å². The molecule has 0 bridgehead atoms. The summed E-state index contributed by atoms with van der Waals surface area (Å²) in [5.74, 6) is 0.268. The first kappa shape index (κ1) is 14.5. The molecule has 1 amide bonds. The second kappa shape index (κ2) is 6.58. The number of rotatable bonds is 2. The van der Waals surface area contributed by atoms with Gasteiger partial charge in [-0.3, -0.25) is 0 Å². The maximum Gasteiger partial charge on any atom is 0.415 e. The standard InChI is InChI=1S/C17H17FN2O2/c18-14-8-6-13(7-9-14)16-12-20(11-10-19-16)17(21)22-15-4-2-1-3-5-15/h1-9,16,19H,10-12H2. The van der Waals surface area contributed by atoms with E-state index in [2.05, 4.69) is 5.32 Å². The van der Waals surface area contributed by atoms with E-state index in [4.69, 9.17) is 4.74 Å². The number of benzene rings is 2. The van der Waals surface area contributed by atoms with Gasteiger partial charge in [0.15, 0.2) is 0 Å². The summed E-state index contributed by atoms with van der Waals surface area (Å²) in [5, 5.41) is 3.33. The molecule has 22 heavy (non-hydrogen) atoms. The highest BCUT2D eigenvalue weighted by molar-refractivity contribution is 5.70. The molecule has 3 rings (SSSR count). The molecule has 1 aliphatic rings. The van der Waals surface area contributed by atoms with Crippen molar-refractivity contribution in [1.29, 1.82) is 0 Å². The summed E-state index contributed by atoms with van der Waals surface area (Å²) in [7, 11) is 0. The van der Waals surface area contributed by atoms with E-state index in [1.54, 1.807) is 29.2 Å². The summed E-state index contributed by atoms with van der Waals surface area (Å²) in [6.07, 6.45) is -0.361. The van der Waals surface area contributed by atoms with Gasteiger partial charge in [-0.2, -0.15) is 0 Å². The number of carbonyl (C=O) groups is 1. The summed E-state index contributed by atoms with van der Waals surface area (Å²) in [5.41, 5.74) is 0.957. The van der Waals surface area contributed by atoms with Crippen LogP contribution in [0.5, 0.6) is 5.75 Å². The number of piperazine rings is 1. The minimum Gasteiger partial charge on any atom is -0.410 e. The Labute approximate surface area is 128 Å². The molecule has 2 aromatic rings. The quantitative estimate of drug-likeness (QED) is 0.927. The van der Waals surface area contributed by atoms with E-state index in [1.807, 2.05) is 18.2 Å². The van der Waals surface area contributed by atoms with Gasteiger partial charge in [0.2, 0.25) is 0 Å². The number of hydrogen-bond donors (Lipinski definition) is 1. The van der Waals surface area contributed by atoms with E-state index in [0.717, 1.165) is 5.56 Å². The van der Waals surface area contributed by atoms with Gasteiger partial charge in [0.25, 0.3) is 0 Å². The van der Waals surface area contributed by atoms with Crippen molar-refractivity contribution >= 4 is 6.09 Å². The molecular weight excluding hydrogens is 283 g/mol. The lowest BCUT2D eigenvalue weighted by atomic mass is 10.0. The number of amides is 1. The maximum absolute atomic E-state index is 13.0. The van der Waals surface area contributed by atoms with E-state index >= 15 is 0 Å². The van der Waals surface area contributed by atoms with Gasteiger partial charge in [-0.15, -0.1) is 0 Å². The van der Waals surface area contributed by atoms with Gasteiger partial charge in [-0.05, 0) is 29.8 Å². The Hall–Kier alpha value is -2.40. The Bertz CT molecular complexity index is 631. The molecule has 0 radical (unpaired) electrons. The van der Waals surface area contributed by atoms with Crippen LogP contribution in [0.1, 0.15) is 11.6 Å². The summed E-state index contributed by atoms with van der Waals surface area (Å²) in [6.45, 7) is 1.76. The predicted molar refractivity (Wildman–Crippen MR) is 81.2 cm³/mol. The lowest BCUT2D eigenvalue weighted by molar-refractivity contribution is 0.135. The lowest BCUT2D eigenvalue weighted by Crippen LogP contribution is -2.49. The van der Waals surface area contributed by atoms with Gasteiger partial charge >= 0.3 is 6.09 Å². The van der Waals surface area contributed by atoms with Gasteiger partial charge in [-0.25, -0.2) is 9.18 Å². The van der Waals surface area contributed by atoms with Crippen LogP contribution >= 0.6 is 0 Å². The fourth-order valence-electron chi connectivity index (χ4n) is 2.49. The molecule has 4 nitrogen and oxygen atoms in total. The van der Waals surface area contributed by atoms with Crippen molar-refractivity contribution in [3.05, 3.63) is 66.0 Å². The van der Waals surface area contributed by atoms with Crippen LogP contribution in [0.15, 0.2) is 54.6 Å². The predicted octanol–water partition coefficient (Wildman–Crippen LogP) is 2.97. The molecule has 0 aliphatic carbocycles. The number of carbonyl (C=O) groups excluding carboxylic acids is 1. The number of hydrogen-bond acceptors (Lipinski definition) is 3. The summed E-state index contributed by atoms with van der Waals surface area (Å²) < 4.78 is 18.4. The van der Waals surface area contributed by atoms with Crippen LogP contribution in [0.3, 0.4) is 0 Å². The Kier molecular flexibility index (Phi) is 4.34. The van der Waals surface area contributed by atoms with Crippen molar-refractivity contribution < 1.29 is 13.9 Å². The molecule has 1 heterocycles. The first-order valence-electron chi connectivity index (χ1n) is 7.23. The molecule has 0 spiro atoms. The average Bonchev–Trinajstić information content (AvgIpc) is 2.56. The van der Waals surface area contributed by atoms with Gasteiger partial charge in [-0.1, -0.05) is 30.3 Å². The van der Waals surface area contributed by atoms with Crippen LogP contribution in [0, 0.1) is 5.82 Å². The monoisotopic (exact) mass is 300 g/mol. The fraction of sp³-hybridized carbons (Fsp3) is 0.235. The Morgan fingerprint density at radius 2 is 1.86 bits per heavy atom. The number of halogens is 1. The number of para-hydroxylation sites is 1. The minimum absolute atomic E-state index is 0.0160. The molecule has 1 aliphatic heterocycles. The van der Waals surface area contributed by atoms with Gasteiger partial charge in [0.1, 0.15) is 11.6 Å². The molecule has 1 N–H and O–H groups in total. The molecule has 2 aromatic carbocycles. The molecule has 0 aromatic heterocycles. The molecule has 114 valence electrons. The van der Waals surface area contributed by atoms with Crippen molar-refractivity contribution in [1.82, 2.24) is 10.2 Å². The zero-order valence-corrected chi connectivity index (χ0v) is 12.0. The van der Waals surface area contributed by atoms with Crippen molar-refractivity contribution in [2.45, 2.75) is 6.04 Å². The second-order valence-electron chi connectivity index (χ2n) is 5.19. The third kappa shape index (κ3) is 3.43. The van der Waals surface area contributed by atoms with Gasteiger partial charge in [0.05, 0.1) is 6.04 Å². The third-order valence-electron chi connectivity index (χ3n) is 3.65. The summed E-state index contributed by atoms with van der Waals surface area (Å²) >= 11 is 0. The number of nitrogens with one attached hydrogen (secondary N) is 1. The largest absolute Gasteiger partial charge is 0.415 e. The van der Waals surface area contributed by atoms with Crippen molar-refractivity contribution in [2.24, 2.45) is 0 Å². The van der Waals surface area contributed by atoms with Crippen LogP contribution in [0.2, 0.25) is 0 Å². The topological polar surface area (TPSA) is 41.6 Å². The van der Waals surface area contributed by atoms with Crippen LogP contribution in [0.25, 0.3) is 0 Å². The number of nitrogens with zero attached hydrogens (tertiary/aromatic N) is 1. The molecular formula is C17H17FN2O2. The summed E-state index contributed by atoms with van der Waals surface area (Å²) in [4.78, 5) is 13.9. The molecule has 1 saturated heterocycles. The third-order valence-corrected chi connectivity index (χ3v) is 3.65. The van der Waals surface area contributed by atoms with Gasteiger partial charge < -0.3 is 15.0 Å². The summed E-state index contributed by atoms with van der Waals surface area (Å²) in [6, 6.07) is 15.3. The Balaban J connectivity index is 1.65. The maximum atomic E-state index is 13.0. The molecule has 1 atom stereocenters. The Morgan fingerprint density at radius 3 is 2.59 bits per heavy atom. The van der Waals surface area contributed by atoms with Crippen molar-refractivity contribution in [2.75, 3.05) is 19.6 Å². The van der Waals surface area contributed by atoms with Crippen LogP contribution in [0.4, 0.5) is 9.18 Å². The minimum atomic E-state index is -0.361. The normalized spacial score (nSPS) is 18.0. The van der Waals surface area contributed by atoms with Gasteiger partial charge in [0, 0.05) is 19.6 Å². The smallest absolute Gasteiger partial charge is 0.410 e. The van der Waals surface area contributed by atoms with Crippen LogP contribution < -0.4 is 10.1 Å². The van der Waals surface area contributed by atoms with E-state index in [9.17, 15) is 9.18 Å². The van der Waals surface area contributed by atoms with Crippen LogP contribution in [-0.4, -0.2) is 30.6 Å². The highest BCUT2D eigenvalue weighted by atomic mass is 19.1. The van der Waals surface area contributed by atoms with E-state index < -0.39 is 0 Å². The molecule has 1 fully saturated rings. The highest BCUT2D eigenvalue weighted by Gasteiger charge is 2.25. The average molecular weight is 300 g/mol. The fourth-order valence-corrected chi connectivity index (χ4v) is 2.49. The SMILES string of the molecule is O=C(Oc1ccccc1)N1CCNC(c2ccc(F)cc2)C1.